The van der Waals surface area contributed by atoms with E-state index in [2.05, 4.69) is 21.2 Å². The highest BCUT2D eigenvalue weighted by Crippen LogP contribution is 2.33. The number of nitrogens with one attached hydrogen (secondary N) is 3. The van der Waals surface area contributed by atoms with Crippen LogP contribution in [0.4, 0.5) is 0 Å². The van der Waals surface area contributed by atoms with Crippen molar-refractivity contribution in [3.8, 4) is 11.5 Å². The predicted molar refractivity (Wildman–Crippen MR) is 161 cm³/mol. The lowest BCUT2D eigenvalue weighted by Gasteiger charge is -2.30. The number of para-hydroxylation sites is 1. The minimum Gasteiger partial charge on any atom is -0.489 e. The molecule has 1 atom stereocenters. The third-order valence-corrected chi connectivity index (χ3v) is 6.56. The van der Waals surface area contributed by atoms with Gasteiger partial charge in [-0.3, -0.25) is 4.79 Å². The molecule has 3 aromatic carbocycles. The minimum absolute atomic E-state index is 0.228. The first-order valence-corrected chi connectivity index (χ1v) is 13.6. The van der Waals surface area contributed by atoms with Crippen molar-refractivity contribution in [1.29, 1.82) is 0 Å². The molecule has 0 aromatic heterocycles. The number of esters is 1. The Balaban J connectivity index is 1.36. The molecule has 1 heterocycles. The van der Waals surface area contributed by atoms with Crippen molar-refractivity contribution in [1.82, 2.24) is 16.1 Å². The molecule has 0 unspecified atom stereocenters. The monoisotopic (exact) mass is 592 g/mol. The second kappa shape index (κ2) is 14.3. The number of nitrogens with zero attached hydrogens (tertiary/aromatic N) is 1. The lowest BCUT2D eigenvalue weighted by molar-refractivity contribution is -0.139. The van der Waals surface area contributed by atoms with Gasteiger partial charge in [0.15, 0.2) is 11.7 Å². The highest BCUT2D eigenvalue weighted by atomic mass is 35.5. The maximum atomic E-state index is 12.7. The highest BCUT2D eigenvalue weighted by molar-refractivity contribution is 7.80. The smallest absolute Gasteiger partial charge is 0.338 e. The number of carbonyl (C=O) groups is 2. The van der Waals surface area contributed by atoms with Crippen molar-refractivity contribution < 1.29 is 23.8 Å². The van der Waals surface area contributed by atoms with Crippen molar-refractivity contribution in [3.05, 3.63) is 106 Å². The number of amides is 1. The summed E-state index contributed by atoms with van der Waals surface area (Å²) in [5.41, 5.74) is 5.66. The molecule has 0 fully saturated rings. The van der Waals surface area contributed by atoms with Gasteiger partial charge in [-0.25, -0.2) is 10.2 Å². The number of ether oxygens (including phenoxy) is 3. The van der Waals surface area contributed by atoms with Crippen molar-refractivity contribution in [2.24, 2.45) is 5.10 Å². The van der Waals surface area contributed by atoms with Crippen LogP contribution in [0, 0.1) is 0 Å². The van der Waals surface area contributed by atoms with Gasteiger partial charge in [0, 0.05) is 21.8 Å². The number of benzene rings is 3. The fourth-order valence-electron chi connectivity index (χ4n) is 4.07. The van der Waals surface area contributed by atoms with Gasteiger partial charge in [-0.1, -0.05) is 60.1 Å². The van der Waals surface area contributed by atoms with Gasteiger partial charge in [-0.05, 0) is 55.9 Å². The van der Waals surface area contributed by atoms with Crippen LogP contribution in [0.15, 0.2) is 89.2 Å². The molecule has 1 aliphatic heterocycles. The summed E-state index contributed by atoms with van der Waals surface area (Å²) >= 11 is 11.5. The molecular weight excluding hydrogens is 564 g/mol. The zero-order valence-electron chi connectivity index (χ0n) is 22.5. The van der Waals surface area contributed by atoms with Crippen molar-refractivity contribution in [2.45, 2.75) is 26.5 Å². The van der Waals surface area contributed by atoms with Crippen LogP contribution >= 0.6 is 23.8 Å². The molecule has 212 valence electrons. The molecule has 3 aromatic rings. The predicted octanol–water partition coefficient (Wildman–Crippen LogP) is 4.80. The summed E-state index contributed by atoms with van der Waals surface area (Å²) in [5.74, 6) is 0.107. The summed E-state index contributed by atoms with van der Waals surface area (Å²) < 4.78 is 16.9. The Morgan fingerprint density at radius 1 is 1.07 bits per heavy atom. The molecule has 4 rings (SSSR count). The zero-order chi connectivity index (χ0) is 29.2. The highest BCUT2D eigenvalue weighted by Gasteiger charge is 2.32. The van der Waals surface area contributed by atoms with E-state index in [9.17, 15) is 9.59 Å². The van der Waals surface area contributed by atoms with E-state index in [0.717, 1.165) is 11.1 Å². The molecular formula is C30H29ClN4O5S. The molecule has 0 saturated carbocycles. The van der Waals surface area contributed by atoms with E-state index in [1.807, 2.05) is 48.5 Å². The number of halogens is 1. The van der Waals surface area contributed by atoms with E-state index >= 15 is 0 Å². The largest absolute Gasteiger partial charge is 0.489 e. The molecule has 0 bridgehead atoms. The summed E-state index contributed by atoms with van der Waals surface area (Å²) in [6.45, 7) is 3.74. The average Bonchev–Trinajstić information content (AvgIpc) is 2.96. The molecule has 11 heteroatoms. The Hall–Kier alpha value is -4.41. The quantitative estimate of drug-likeness (QED) is 0.126. The topological polar surface area (TPSA) is 110 Å². The zero-order valence-corrected chi connectivity index (χ0v) is 24.1. The molecule has 9 nitrogen and oxygen atoms in total. The normalized spacial score (nSPS) is 14.7. The second-order valence-corrected chi connectivity index (χ2v) is 9.68. The van der Waals surface area contributed by atoms with Gasteiger partial charge in [0.05, 0.1) is 24.4 Å². The maximum absolute atomic E-state index is 12.7. The van der Waals surface area contributed by atoms with Gasteiger partial charge in [0.1, 0.15) is 18.1 Å². The Labute approximate surface area is 248 Å². The van der Waals surface area contributed by atoms with Crippen molar-refractivity contribution in [2.75, 3.05) is 13.2 Å². The fourth-order valence-corrected chi connectivity index (χ4v) is 4.53. The molecule has 41 heavy (non-hydrogen) atoms. The van der Waals surface area contributed by atoms with Crippen LogP contribution in [-0.4, -0.2) is 36.4 Å². The van der Waals surface area contributed by atoms with E-state index in [-0.39, 0.29) is 13.2 Å². The number of hydrazone groups is 1. The van der Waals surface area contributed by atoms with Gasteiger partial charge >= 0.3 is 5.97 Å². The van der Waals surface area contributed by atoms with Crippen LogP contribution in [-0.2, 0) is 20.9 Å². The van der Waals surface area contributed by atoms with Gasteiger partial charge in [0.25, 0.3) is 5.91 Å². The third-order valence-electron chi connectivity index (χ3n) is 5.97. The third kappa shape index (κ3) is 8.06. The van der Waals surface area contributed by atoms with Crippen LogP contribution < -0.4 is 25.5 Å². The lowest BCUT2D eigenvalue weighted by Crippen LogP contribution is -2.45. The molecule has 0 saturated heterocycles. The summed E-state index contributed by atoms with van der Waals surface area (Å²) in [6, 6.07) is 21.2. The van der Waals surface area contributed by atoms with E-state index in [4.69, 9.17) is 38.0 Å². The Morgan fingerprint density at radius 2 is 1.85 bits per heavy atom. The van der Waals surface area contributed by atoms with E-state index in [1.165, 1.54) is 6.21 Å². The summed E-state index contributed by atoms with van der Waals surface area (Å²) in [4.78, 5) is 25.2. The lowest BCUT2D eigenvalue weighted by atomic mass is 9.95. The van der Waals surface area contributed by atoms with Crippen LogP contribution in [0.2, 0.25) is 5.02 Å². The van der Waals surface area contributed by atoms with Gasteiger partial charge < -0.3 is 24.8 Å². The SMILES string of the molecule is CCOC(=O)C1=C(C)NC(=S)N[C@H]1c1ccccc1OCC(=O)NN=Cc1cccc(OCc2ccccc2Cl)c1. The number of rotatable bonds is 11. The minimum atomic E-state index is -0.618. The first kappa shape index (κ1) is 29.6. The Bertz CT molecular complexity index is 1490. The van der Waals surface area contributed by atoms with Gasteiger partial charge in [-0.2, -0.15) is 5.10 Å². The Morgan fingerprint density at radius 3 is 2.66 bits per heavy atom. The van der Waals surface area contributed by atoms with Gasteiger partial charge in [-0.15, -0.1) is 0 Å². The fraction of sp³-hybridized carbons (Fsp3) is 0.200. The van der Waals surface area contributed by atoms with Crippen molar-refractivity contribution >= 4 is 47.0 Å². The summed E-state index contributed by atoms with van der Waals surface area (Å²) in [5, 5.41) is 11.1. The molecule has 3 N–H and O–H groups in total. The molecule has 0 radical (unpaired) electrons. The number of hydrogen-bond donors (Lipinski definition) is 3. The van der Waals surface area contributed by atoms with E-state index in [0.29, 0.717) is 45.1 Å². The second-order valence-electron chi connectivity index (χ2n) is 8.86. The number of carbonyl (C=O) groups excluding carboxylic acids is 2. The summed E-state index contributed by atoms with van der Waals surface area (Å²) in [7, 11) is 0. The average molecular weight is 593 g/mol. The van der Waals surface area contributed by atoms with Crippen LogP contribution in [0.25, 0.3) is 0 Å². The number of hydrogen-bond acceptors (Lipinski definition) is 7. The molecule has 1 amide bonds. The van der Waals surface area contributed by atoms with Gasteiger partial charge in [0.2, 0.25) is 0 Å². The van der Waals surface area contributed by atoms with Crippen molar-refractivity contribution in [3.63, 3.8) is 0 Å². The number of allylic oxidation sites excluding steroid dienone is 1. The first-order chi connectivity index (χ1) is 19.9. The Kier molecular flexibility index (Phi) is 10.3. The van der Waals surface area contributed by atoms with Crippen LogP contribution in [0.5, 0.6) is 11.5 Å². The maximum Gasteiger partial charge on any atom is 0.338 e. The summed E-state index contributed by atoms with van der Waals surface area (Å²) in [6.07, 6.45) is 1.51. The van der Waals surface area contributed by atoms with E-state index in [1.54, 1.807) is 38.1 Å². The molecule has 0 spiro atoms. The molecule has 1 aliphatic rings. The standard InChI is InChI=1S/C30H29ClN4O5S/c1-3-38-29(37)27-19(2)33-30(41)34-28(27)23-12-5-7-14-25(23)40-18-26(36)35-32-16-20-9-8-11-22(15-20)39-17-21-10-4-6-13-24(21)31/h4-16,28H,3,17-18H2,1-2H3,(H,35,36)(H2,33,34,41)/t28-/m0/s1. The van der Waals surface area contributed by atoms with Crippen LogP contribution in [0.1, 0.15) is 36.6 Å². The first-order valence-electron chi connectivity index (χ1n) is 12.8. The van der Waals surface area contributed by atoms with E-state index < -0.39 is 17.9 Å². The number of thiocarbonyl (C=S) groups is 1. The molecule has 0 aliphatic carbocycles. The van der Waals surface area contributed by atoms with Crippen LogP contribution in [0.3, 0.4) is 0 Å².